The molecular formula is C31H36Si. The normalized spacial score (nSPS) is 13.7. The summed E-state index contributed by atoms with van der Waals surface area (Å²) in [5.41, 5.74) is 12.5. The number of rotatable bonds is 7. The summed E-state index contributed by atoms with van der Waals surface area (Å²) in [5, 5.41) is 3.32. The van der Waals surface area contributed by atoms with Crippen LogP contribution in [0.5, 0.6) is 0 Å². The molecule has 164 valence electrons. The second kappa shape index (κ2) is 9.88. The topological polar surface area (TPSA) is 0 Å². The molecule has 3 aromatic rings. The molecule has 1 aliphatic carbocycles. The Labute approximate surface area is 196 Å². The molecule has 0 amide bonds. The second-order valence-corrected chi connectivity index (χ2v) is 11.6. The van der Waals surface area contributed by atoms with Gasteiger partial charge in [0.15, 0.2) is 0 Å². The van der Waals surface area contributed by atoms with Crippen molar-refractivity contribution in [3.63, 3.8) is 0 Å². The van der Waals surface area contributed by atoms with E-state index < -0.39 is 9.52 Å². The molecule has 0 radical (unpaired) electrons. The Kier molecular flexibility index (Phi) is 6.96. The van der Waals surface area contributed by atoms with Crippen molar-refractivity contribution in [1.29, 1.82) is 0 Å². The van der Waals surface area contributed by atoms with E-state index in [0.717, 1.165) is 6.42 Å². The molecule has 0 bridgehead atoms. The minimum Gasteiger partial charge on any atom is -0.0806 e. The third-order valence-corrected chi connectivity index (χ3v) is 8.67. The minimum atomic E-state index is -0.536. The third kappa shape index (κ3) is 5.05. The van der Waals surface area contributed by atoms with E-state index in [4.69, 9.17) is 0 Å². The van der Waals surface area contributed by atoms with Crippen LogP contribution in [0.2, 0.25) is 0 Å². The Balaban J connectivity index is 1.89. The molecule has 0 fully saturated rings. The fraction of sp³-hybridized carbons (Fsp3) is 0.290. The quantitative estimate of drug-likeness (QED) is 0.337. The van der Waals surface area contributed by atoms with Gasteiger partial charge in [0.25, 0.3) is 0 Å². The van der Waals surface area contributed by atoms with Crippen LogP contribution in [0.15, 0.2) is 77.5 Å². The summed E-state index contributed by atoms with van der Waals surface area (Å²) in [6.07, 6.45) is 9.75. The highest BCUT2D eigenvalue weighted by Gasteiger charge is 2.17. The molecule has 0 atom stereocenters. The number of hydrogen-bond donors (Lipinski definition) is 0. The maximum Gasteiger partial charge on any atom is 0.0840 e. The molecule has 0 saturated carbocycles. The fourth-order valence-electron chi connectivity index (χ4n) is 5.21. The highest BCUT2D eigenvalue weighted by Crippen LogP contribution is 2.34. The smallest absolute Gasteiger partial charge is 0.0806 e. The summed E-state index contributed by atoms with van der Waals surface area (Å²) in [6, 6.07) is 21.0. The molecule has 0 heterocycles. The molecule has 0 saturated heterocycles. The van der Waals surface area contributed by atoms with Crippen LogP contribution >= 0.6 is 0 Å². The van der Waals surface area contributed by atoms with Crippen molar-refractivity contribution in [3.05, 3.63) is 99.8 Å². The van der Waals surface area contributed by atoms with Gasteiger partial charge in [-0.25, -0.2) is 0 Å². The van der Waals surface area contributed by atoms with Crippen molar-refractivity contribution in [2.75, 3.05) is 0 Å². The maximum absolute atomic E-state index is 2.41. The first-order chi connectivity index (χ1) is 15.4. The van der Waals surface area contributed by atoms with E-state index in [1.165, 1.54) is 63.8 Å². The summed E-state index contributed by atoms with van der Waals surface area (Å²) in [7, 11) is -0.536. The first-order valence-corrected chi connectivity index (χ1v) is 13.5. The zero-order valence-corrected chi connectivity index (χ0v) is 21.8. The van der Waals surface area contributed by atoms with E-state index in [1.54, 1.807) is 16.0 Å². The van der Waals surface area contributed by atoms with Crippen LogP contribution in [0.4, 0.5) is 0 Å². The third-order valence-electron chi connectivity index (χ3n) is 6.53. The monoisotopic (exact) mass is 436 g/mol. The van der Waals surface area contributed by atoms with Crippen LogP contribution in [0.3, 0.4) is 0 Å². The highest BCUT2D eigenvalue weighted by atomic mass is 28.2. The van der Waals surface area contributed by atoms with E-state index >= 15 is 0 Å². The molecule has 1 aliphatic rings. The van der Waals surface area contributed by atoms with Crippen molar-refractivity contribution in [3.8, 4) is 22.3 Å². The molecule has 1 heteroatoms. The van der Waals surface area contributed by atoms with E-state index in [0.29, 0.717) is 0 Å². The number of hydrogen-bond acceptors (Lipinski definition) is 0. The van der Waals surface area contributed by atoms with Crippen LogP contribution in [0, 0.1) is 27.7 Å². The molecule has 32 heavy (non-hydrogen) atoms. The molecule has 0 N–H and O–H groups in total. The Morgan fingerprint density at radius 2 is 1.41 bits per heavy atom. The lowest BCUT2D eigenvalue weighted by Crippen LogP contribution is -2.20. The van der Waals surface area contributed by atoms with Gasteiger partial charge in [-0.2, -0.15) is 0 Å². The van der Waals surface area contributed by atoms with E-state index in [9.17, 15) is 0 Å². The van der Waals surface area contributed by atoms with Gasteiger partial charge in [0.1, 0.15) is 0 Å². The van der Waals surface area contributed by atoms with Crippen molar-refractivity contribution < 1.29 is 0 Å². The molecule has 4 rings (SSSR count). The molecule has 0 spiro atoms. The van der Waals surface area contributed by atoms with Gasteiger partial charge in [-0.15, -0.1) is 0 Å². The summed E-state index contributed by atoms with van der Waals surface area (Å²) in [4.78, 5) is 0. The molecular weight excluding hydrogens is 400 g/mol. The Bertz CT molecular complexity index is 1150. The lowest BCUT2D eigenvalue weighted by Gasteiger charge is -2.19. The van der Waals surface area contributed by atoms with Crippen molar-refractivity contribution in [2.45, 2.75) is 60.3 Å². The van der Waals surface area contributed by atoms with Crippen LogP contribution in [0.1, 0.15) is 54.9 Å². The van der Waals surface area contributed by atoms with Crippen LogP contribution in [0.25, 0.3) is 22.3 Å². The predicted octanol–water partition coefficient (Wildman–Crippen LogP) is 7.45. The van der Waals surface area contributed by atoms with Crippen LogP contribution < -0.4 is 5.19 Å². The molecule has 0 unspecified atom stereocenters. The predicted molar refractivity (Wildman–Crippen MR) is 145 cm³/mol. The van der Waals surface area contributed by atoms with Gasteiger partial charge in [0.2, 0.25) is 0 Å². The average molecular weight is 437 g/mol. The molecule has 0 aromatic heterocycles. The zero-order valence-electron chi connectivity index (χ0n) is 20.4. The second-order valence-electron chi connectivity index (χ2n) is 9.61. The SMILES string of the molecule is CCCCC1=C([SiH2]c2cccc(-c3cc(C)cc(C)c3)c2-c2cc(C)cc(C)c2)CC=C1. The molecule has 0 aliphatic heterocycles. The fourth-order valence-corrected chi connectivity index (χ4v) is 7.33. The Hall–Kier alpha value is -2.64. The highest BCUT2D eigenvalue weighted by molar-refractivity contribution is 6.63. The number of benzene rings is 3. The molecule has 0 nitrogen and oxygen atoms in total. The first-order valence-electron chi connectivity index (χ1n) is 12.1. The van der Waals surface area contributed by atoms with E-state index in [2.05, 4.69) is 101 Å². The lowest BCUT2D eigenvalue weighted by molar-refractivity contribution is 0.797. The molecule has 3 aromatic carbocycles. The van der Waals surface area contributed by atoms with Crippen LogP contribution in [-0.4, -0.2) is 9.52 Å². The number of aryl methyl sites for hydroxylation is 4. The summed E-state index contributed by atoms with van der Waals surface area (Å²) >= 11 is 0. The van der Waals surface area contributed by atoms with Gasteiger partial charge < -0.3 is 0 Å². The summed E-state index contributed by atoms with van der Waals surface area (Å²) in [6.45, 7) is 11.2. The van der Waals surface area contributed by atoms with Gasteiger partial charge in [0.05, 0.1) is 9.52 Å². The van der Waals surface area contributed by atoms with Crippen LogP contribution in [-0.2, 0) is 0 Å². The standard InChI is InChI=1S/C31H36Si/c1-6-7-10-25-11-8-13-29(25)32-30-14-9-12-28(26-17-21(2)15-22(3)18-26)31(30)27-19-23(4)16-24(5)20-27/h8-9,11-12,14-20H,6-7,10,13,32H2,1-5H3. The minimum absolute atomic E-state index is 0.536. The summed E-state index contributed by atoms with van der Waals surface area (Å²) < 4.78 is 0. The van der Waals surface area contributed by atoms with Gasteiger partial charge in [-0.1, -0.05) is 118 Å². The number of unbranched alkanes of at least 4 members (excludes halogenated alkanes) is 1. The van der Waals surface area contributed by atoms with Crippen molar-refractivity contribution in [2.24, 2.45) is 0 Å². The van der Waals surface area contributed by atoms with Crippen molar-refractivity contribution in [1.82, 2.24) is 0 Å². The Morgan fingerprint density at radius 1 is 0.781 bits per heavy atom. The van der Waals surface area contributed by atoms with Crippen molar-refractivity contribution >= 4 is 14.7 Å². The first kappa shape index (κ1) is 22.5. The van der Waals surface area contributed by atoms with E-state index in [1.807, 2.05) is 0 Å². The van der Waals surface area contributed by atoms with E-state index in [-0.39, 0.29) is 0 Å². The zero-order chi connectivity index (χ0) is 22.7. The maximum atomic E-state index is 2.41. The van der Waals surface area contributed by atoms with Gasteiger partial charge >= 0.3 is 0 Å². The Morgan fingerprint density at radius 3 is 2.03 bits per heavy atom. The summed E-state index contributed by atoms with van der Waals surface area (Å²) in [5.74, 6) is 0. The van der Waals surface area contributed by atoms with Gasteiger partial charge in [0, 0.05) is 0 Å². The largest absolute Gasteiger partial charge is 0.0840 e. The lowest BCUT2D eigenvalue weighted by atomic mass is 9.91. The van der Waals surface area contributed by atoms with Gasteiger partial charge in [-0.05, 0) is 69.2 Å². The average Bonchev–Trinajstić information content (AvgIpc) is 3.17. The van der Waals surface area contributed by atoms with Gasteiger partial charge in [-0.3, -0.25) is 0 Å². The number of allylic oxidation sites excluding steroid dienone is 4.